The van der Waals surface area contributed by atoms with E-state index in [2.05, 4.69) is 20.5 Å². The Kier molecular flexibility index (Phi) is 4.29. The van der Waals surface area contributed by atoms with Gasteiger partial charge in [0.25, 0.3) is 0 Å². The second-order valence-electron chi connectivity index (χ2n) is 4.99. The molecule has 94 valence electrons. The Balaban J connectivity index is 1.95. The average Bonchev–Trinajstić information content (AvgIpc) is 2.27. The van der Waals surface area contributed by atoms with Crippen LogP contribution in [0.2, 0.25) is 0 Å². The van der Waals surface area contributed by atoms with Crippen LogP contribution < -0.4 is 5.32 Å². The minimum absolute atomic E-state index is 0.527. The van der Waals surface area contributed by atoms with E-state index in [0.29, 0.717) is 12.0 Å². The molecule has 17 heavy (non-hydrogen) atoms. The van der Waals surface area contributed by atoms with Crippen molar-refractivity contribution in [3.8, 4) is 0 Å². The predicted octanol–water partition coefficient (Wildman–Crippen LogP) is 3.01. The molecular weight excluding hydrogens is 212 g/mol. The van der Waals surface area contributed by atoms with E-state index in [-0.39, 0.29) is 0 Å². The van der Waals surface area contributed by atoms with E-state index in [0.717, 1.165) is 11.4 Å². The number of anilines is 1. The lowest BCUT2D eigenvalue weighted by molar-refractivity contribution is 0.469. The van der Waals surface area contributed by atoms with Crippen LogP contribution >= 0.6 is 0 Å². The largest absolute Gasteiger partial charge is 0.350 e. The van der Waals surface area contributed by atoms with Crippen molar-refractivity contribution >= 4 is 5.95 Å². The molecule has 0 bridgehead atoms. The molecule has 0 atom stereocenters. The second-order valence-corrected chi connectivity index (χ2v) is 4.99. The Labute approximate surface area is 103 Å². The maximum absolute atomic E-state index is 4.44. The molecule has 0 amide bonds. The highest BCUT2D eigenvalue weighted by atomic mass is 15.2. The van der Waals surface area contributed by atoms with Gasteiger partial charge in [0.05, 0.1) is 11.4 Å². The Bertz CT molecular complexity index is 356. The molecule has 0 unspecified atom stereocenters. The van der Waals surface area contributed by atoms with Crippen LogP contribution in [0.5, 0.6) is 0 Å². The lowest BCUT2D eigenvalue weighted by atomic mass is 9.97. The van der Waals surface area contributed by atoms with Crippen molar-refractivity contribution in [3.63, 3.8) is 0 Å². The summed E-state index contributed by atoms with van der Waals surface area (Å²) < 4.78 is 0. The van der Waals surface area contributed by atoms with Gasteiger partial charge in [-0.1, -0.05) is 32.1 Å². The summed E-state index contributed by atoms with van der Waals surface area (Å²) in [5.41, 5.74) is 1.88. The first-order valence-corrected chi connectivity index (χ1v) is 6.70. The molecule has 1 aliphatic rings. The summed E-state index contributed by atoms with van der Waals surface area (Å²) in [5, 5.41) is 11.7. The molecule has 2 rings (SSSR count). The standard InChI is InChI=1S/C13H22N4/c1-10-11(2)16-17-13(14-10)15-12-8-6-4-3-5-7-9-12/h12H,3-9H2,1-2H3,(H,14,15,17). The first-order chi connectivity index (χ1) is 8.25. The van der Waals surface area contributed by atoms with Gasteiger partial charge in [0.1, 0.15) is 0 Å². The van der Waals surface area contributed by atoms with Gasteiger partial charge < -0.3 is 5.32 Å². The van der Waals surface area contributed by atoms with E-state index in [1.54, 1.807) is 0 Å². The fourth-order valence-electron chi connectivity index (χ4n) is 2.30. The van der Waals surface area contributed by atoms with Crippen LogP contribution in [-0.2, 0) is 0 Å². The van der Waals surface area contributed by atoms with Crippen molar-refractivity contribution in [2.75, 3.05) is 5.32 Å². The summed E-state index contributed by atoms with van der Waals surface area (Å²) in [4.78, 5) is 4.44. The number of aryl methyl sites for hydroxylation is 2. The first-order valence-electron chi connectivity index (χ1n) is 6.70. The van der Waals surface area contributed by atoms with Gasteiger partial charge in [0, 0.05) is 6.04 Å². The Morgan fingerprint density at radius 2 is 1.53 bits per heavy atom. The third-order valence-corrected chi connectivity index (χ3v) is 3.53. The van der Waals surface area contributed by atoms with Crippen LogP contribution in [0.4, 0.5) is 5.95 Å². The van der Waals surface area contributed by atoms with Crippen molar-refractivity contribution in [3.05, 3.63) is 11.4 Å². The molecule has 4 heteroatoms. The molecule has 1 fully saturated rings. The van der Waals surface area contributed by atoms with Gasteiger partial charge in [-0.2, -0.15) is 5.10 Å². The van der Waals surface area contributed by atoms with Crippen molar-refractivity contribution in [2.24, 2.45) is 0 Å². The third kappa shape index (κ3) is 3.65. The van der Waals surface area contributed by atoms with E-state index >= 15 is 0 Å². The molecule has 4 nitrogen and oxygen atoms in total. The smallest absolute Gasteiger partial charge is 0.243 e. The normalized spacial score (nSPS) is 18.5. The zero-order valence-electron chi connectivity index (χ0n) is 10.9. The molecular formula is C13H22N4. The van der Waals surface area contributed by atoms with Crippen molar-refractivity contribution in [1.82, 2.24) is 15.2 Å². The highest BCUT2D eigenvalue weighted by Crippen LogP contribution is 2.19. The maximum Gasteiger partial charge on any atom is 0.243 e. The van der Waals surface area contributed by atoms with Crippen molar-refractivity contribution < 1.29 is 0 Å². The lowest BCUT2D eigenvalue weighted by Crippen LogP contribution is -2.22. The summed E-state index contributed by atoms with van der Waals surface area (Å²) in [6.45, 7) is 3.92. The van der Waals surface area contributed by atoms with Crippen LogP contribution in [0.3, 0.4) is 0 Å². The SMILES string of the molecule is Cc1nnc(NC2CCCCCCC2)nc1C. The van der Waals surface area contributed by atoms with Crippen LogP contribution in [0.15, 0.2) is 0 Å². The maximum atomic E-state index is 4.44. The van der Waals surface area contributed by atoms with Crippen LogP contribution in [0, 0.1) is 13.8 Å². The van der Waals surface area contributed by atoms with Crippen LogP contribution in [0.25, 0.3) is 0 Å². The number of aromatic nitrogens is 3. The fraction of sp³-hybridized carbons (Fsp3) is 0.769. The molecule has 0 spiro atoms. The van der Waals surface area contributed by atoms with Gasteiger partial charge in [-0.25, -0.2) is 4.98 Å². The Morgan fingerprint density at radius 3 is 2.18 bits per heavy atom. The van der Waals surface area contributed by atoms with Crippen molar-refractivity contribution in [1.29, 1.82) is 0 Å². The van der Waals surface area contributed by atoms with E-state index in [1.807, 2.05) is 13.8 Å². The highest BCUT2D eigenvalue weighted by Gasteiger charge is 2.12. The molecule has 1 aromatic heterocycles. The molecule has 0 saturated heterocycles. The summed E-state index contributed by atoms with van der Waals surface area (Å²) in [5.74, 6) is 0.693. The summed E-state index contributed by atoms with van der Waals surface area (Å²) in [7, 11) is 0. The minimum Gasteiger partial charge on any atom is -0.350 e. The van der Waals surface area contributed by atoms with Gasteiger partial charge in [-0.15, -0.1) is 5.10 Å². The van der Waals surface area contributed by atoms with Gasteiger partial charge in [0.2, 0.25) is 5.95 Å². The number of nitrogens with one attached hydrogen (secondary N) is 1. The topological polar surface area (TPSA) is 50.7 Å². The van der Waals surface area contributed by atoms with Gasteiger partial charge in [-0.05, 0) is 26.7 Å². The van der Waals surface area contributed by atoms with E-state index < -0.39 is 0 Å². The van der Waals surface area contributed by atoms with Crippen LogP contribution in [-0.4, -0.2) is 21.2 Å². The number of rotatable bonds is 2. The minimum atomic E-state index is 0.527. The van der Waals surface area contributed by atoms with Gasteiger partial charge >= 0.3 is 0 Å². The monoisotopic (exact) mass is 234 g/mol. The Hall–Kier alpha value is -1.19. The number of nitrogens with zero attached hydrogens (tertiary/aromatic N) is 3. The lowest BCUT2D eigenvalue weighted by Gasteiger charge is -2.20. The quantitative estimate of drug-likeness (QED) is 0.854. The summed E-state index contributed by atoms with van der Waals surface area (Å²) in [6.07, 6.45) is 9.22. The molecule has 1 aliphatic carbocycles. The average molecular weight is 234 g/mol. The van der Waals surface area contributed by atoms with E-state index in [4.69, 9.17) is 0 Å². The fourth-order valence-corrected chi connectivity index (χ4v) is 2.30. The molecule has 0 radical (unpaired) electrons. The predicted molar refractivity (Wildman–Crippen MR) is 69.0 cm³/mol. The molecule has 1 heterocycles. The van der Waals surface area contributed by atoms with Gasteiger partial charge in [0.15, 0.2) is 0 Å². The molecule has 0 aliphatic heterocycles. The van der Waals surface area contributed by atoms with E-state index in [1.165, 1.54) is 44.9 Å². The molecule has 1 aromatic rings. The zero-order chi connectivity index (χ0) is 12.1. The summed E-state index contributed by atoms with van der Waals surface area (Å²) in [6, 6.07) is 0.527. The molecule has 1 saturated carbocycles. The Morgan fingerprint density at radius 1 is 0.882 bits per heavy atom. The van der Waals surface area contributed by atoms with Crippen molar-refractivity contribution in [2.45, 2.75) is 64.8 Å². The van der Waals surface area contributed by atoms with E-state index in [9.17, 15) is 0 Å². The number of hydrogen-bond acceptors (Lipinski definition) is 4. The highest BCUT2D eigenvalue weighted by molar-refractivity contribution is 5.26. The third-order valence-electron chi connectivity index (χ3n) is 3.53. The summed E-state index contributed by atoms with van der Waals surface area (Å²) >= 11 is 0. The number of hydrogen-bond donors (Lipinski definition) is 1. The zero-order valence-corrected chi connectivity index (χ0v) is 10.9. The second kappa shape index (κ2) is 5.94. The molecule has 1 N–H and O–H groups in total. The van der Waals surface area contributed by atoms with Crippen LogP contribution in [0.1, 0.15) is 56.3 Å². The molecule has 0 aromatic carbocycles. The first kappa shape index (κ1) is 12.3. The van der Waals surface area contributed by atoms with Gasteiger partial charge in [-0.3, -0.25) is 0 Å².